The van der Waals surface area contributed by atoms with Crippen LogP contribution < -0.4 is 10.5 Å². The third kappa shape index (κ3) is 1.94. The van der Waals surface area contributed by atoms with Crippen molar-refractivity contribution in [3.63, 3.8) is 0 Å². The van der Waals surface area contributed by atoms with Gasteiger partial charge < -0.3 is 9.32 Å². The minimum absolute atomic E-state index is 0.212. The van der Waals surface area contributed by atoms with Crippen LogP contribution in [-0.4, -0.2) is 28.0 Å². The first-order chi connectivity index (χ1) is 8.74. The van der Waals surface area contributed by atoms with E-state index in [0.717, 1.165) is 31.7 Å². The molecule has 0 atom stereocenters. The Labute approximate surface area is 104 Å². The minimum atomic E-state index is -0.469. The fourth-order valence-electron chi connectivity index (χ4n) is 2.22. The second kappa shape index (κ2) is 4.36. The van der Waals surface area contributed by atoms with Crippen molar-refractivity contribution in [2.24, 2.45) is 0 Å². The number of fused-ring (bicyclic) bond motifs is 1. The Bertz CT molecular complexity index is 632. The molecule has 1 fully saturated rings. The minimum Gasteiger partial charge on any atom is -0.407 e. The summed E-state index contributed by atoms with van der Waals surface area (Å²) in [5.74, 6) is 1.05. The fourth-order valence-corrected chi connectivity index (χ4v) is 2.22. The standard InChI is InChI=1S/C12H14N4O2/c1-8-14-11-10(12(17)18-8)15-9(7-13-11)16-5-3-2-4-6-16/h7H,2-6H2,1H3. The lowest BCUT2D eigenvalue weighted by molar-refractivity contribution is 0.464. The molecule has 0 bridgehead atoms. The van der Waals surface area contributed by atoms with E-state index in [-0.39, 0.29) is 5.52 Å². The molecule has 2 aromatic rings. The van der Waals surface area contributed by atoms with Gasteiger partial charge in [-0.15, -0.1) is 0 Å². The molecular formula is C12H14N4O2. The Kier molecular flexibility index (Phi) is 2.70. The third-order valence-corrected chi connectivity index (χ3v) is 3.12. The molecule has 18 heavy (non-hydrogen) atoms. The predicted octanol–water partition coefficient (Wildman–Crippen LogP) is 1.28. The van der Waals surface area contributed by atoms with Crippen LogP contribution in [0.4, 0.5) is 5.82 Å². The smallest absolute Gasteiger partial charge is 0.367 e. The Morgan fingerprint density at radius 2 is 2.00 bits per heavy atom. The molecule has 0 aromatic carbocycles. The van der Waals surface area contributed by atoms with E-state index in [1.54, 1.807) is 13.1 Å². The van der Waals surface area contributed by atoms with Crippen LogP contribution in [0.2, 0.25) is 0 Å². The number of aryl methyl sites for hydroxylation is 1. The van der Waals surface area contributed by atoms with Crippen molar-refractivity contribution in [3.8, 4) is 0 Å². The van der Waals surface area contributed by atoms with Crippen LogP contribution in [-0.2, 0) is 0 Å². The van der Waals surface area contributed by atoms with E-state index in [4.69, 9.17) is 4.42 Å². The highest BCUT2D eigenvalue weighted by atomic mass is 16.4. The van der Waals surface area contributed by atoms with Crippen molar-refractivity contribution in [1.29, 1.82) is 0 Å². The quantitative estimate of drug-likeness (QED) is 0.754. The molecule has 0 unspecified atom stereocenters. The summed E-state index contributed by atoms with van der Waals surface area (Å²) in [5.41, 5.74) is 0.0945. The Balaban J connectivity index is 2.07. The predicted molar refractivity (Wildman–Crippen MR) is 66.7 cm³/mol. The number of piperidine rings is 1. The molecule has 0 amide bonds. The van der Waals surface area contributed by atoms with Crippen LogP contribution in [0.3, 0.4) is 0 Å². The van der Waals surface area contributed by atoms with Gasteiger partial charge in [0.05, 0.1) is 6.20 Å². The molecule has 0 N–H and O–H groups in total. The van der Waals surface area contributed by atoms with Crippen molar-refractivity contribution in [2.75, 3.05) is 18.0 Å². The van der Waals surface area contributed by atoms with E-state index in [1.807, 2.05) is 0 Å². The van der Waals surface area contributed by atoms with E-state index in [2.05, 4.69) is 19.9 Å². The Hall–Kier alpha value is -1.98. The molecule has 1 saturated heterocycles. The van der Waals surface area contributed by atoms with E-state index < -0.39 is 5.63 Å². The highest BCUT2D eigenvalue weighted by Crippen LogP contribution is 2.17. The molecule has 3 rings (SSSR count). The van der Waals surface area contributed by atoms with Gasteiger partial charge in [0.15, 0.2) is 17.1 Å². The second-order valence-corrected chi connectivity index (χ2v) is 4.47. The second-order valence-electron chi connectivity index (χ2n) is 4.47. The fraction of sp³-hybridized carbons (Fsp3) is 0.500. The summed E-state index contributed by atoms with van der Waals surface area (Å²) < 4.78 is 4.95. The lowest BCUT2D eigenvalue weighted by Gasteiger charge is -2.27. The van der Waals surface area contributed by atoms with E-state index in [0.29, 0.717) is 11.5 Å². The number of anilines is 1. The zero-order valence-electron chi connectivity index (χ0n) is 10.2. The molecule has 0 aliphatic carbocycles. The highest BCUT2D eigenvalue weighted by Gasteiger charge is 2.15. The molecular weight excluding hydrogens is 232 g/mol. The van der Waals surface area contributed by atoms with Crippen LogP contribution in [0.5, 0.6) is 0 Å². The van der Waals surface area contributed by atoms with Gasteiger partial charge in [0.2, 0.25) is 0 Å². The topological polar surface area (TPSA) is 72.1 Å². The Morgan fingerprint density at radius 3 is 2.78 bits per heavy atom. The normalized spacial score (nSPS) is 16.2. The highest BCUT2D eigenvalue weighted by molar-refractivity contribution is 5.69. The number of rotatable bonds is 1. The Morgan fingerprint density at radius 1 is 1.22 bits per heavy atom. The summed E-state index contributed by atoms with van der Waals surface area (Å²) in [6.07, 6.45) is 5.24. The molecule has 0 spiro atoms. The van der Waals surface area contributed by atoms with Crippen molar-refractivity contribution in [3.05, 3.63) is 22.5 Å². The molecule has 6 nitrogen and oxygen atoms in total. The summed E-state index contributed by atoms with van der Waals surface area (Å²) >= 11 is 0. The zero-order chi connectivity index (χ0) is 12.5. The average Bonchev–Trinajstić information content (AvgIpc) is 2.39. The van der Waals surface area contributed by atoms with Gasteiger partial charge in [0, 0.05) is 20.0 Å². The molecule has 0 saturated carbocycles. The molecule has 1 aliphatic rings. The summed E-state index contributed by atoms with van der Waals surface area (Å²) in [5, 5.41) is 0. The molecule has 94 valence electrons. The van der Waals surface area contributed by atoms with Gasteiger partial charge in [-0.1, -0.05) is 0 Å². The van der Waals surface area contributed by atoms with Gasteiger partial charge >= 0.3 is 5.63 Å². The van der Waals surface area contributed by atoms with Crippen LogP contribution in [0.25, 0.3) is 11.2 Å². The van der Waals surface area contributed by atoms with Gasteiger partial charge in [-0.05, 0) is 19.3 Å². The molecule has 3 heterocycles. The SMILES string of the molecule is Cc1nc2ncc(N3CCCCC3)nc2c(=O)o1. The van der Waals surface area contributed by atoms with E-state index in [1.165, 1.54) is 6.42 Å². The monoisotopic (exact) mass is 246 g/mol. The summed E-state index contributed by atoms with van der Waals surface area (Å²) in [4.78, 5) is 26.5. The molecule has 2 aromatic heterocycles. The average molecular weight is 246 g/mol. The summed E-state index contributed by atoms with van der Waals surface area (Å²) in [6.45, 7) is 3.55. The van der Waals surface area contributed by atoms with Crippen LogP contribution in [0, 0.1) is 6.92 Å². The third-order valence-electron chi connectivity index (χ3n) is 3.12. The first-order valence-corrected chi connectivity index (χ1v) is 6.13. The molecule has 6 heteroatoms. The van der Waals surface area contributed by atoms with Gasteiger partial charge in [-0.3, -0.25) is 0 Å². The van der Waals surface area contributed by atoms with Crippen LogP contribution >= 0.6 is 0 Å². The van der Waals surface area contributed by atoms with Crippen molar-refractivity contribution in [2.45, 2.75) is 26.2 Å². The van der Waals surface area contributed by atoms with E-state index >= 15 is 0 Å². The summed E-state index contributed by atoms with van der Waals surface area (Å²) in [7, 11) is 0. The largest absolute Gasteiger partial charge is 0.407 e. The van der Waals surface area contributed by atoms with Crippen molar-refractivity contribution >= 4 is 17.0 Å². The maximum Gasteiger partial charge on any atom is 0.367 e. The number of aromatic nitrogens is 3. The van der Waals surface area contributed by atoms with Gasteiger partial charge in [-0.2, -0.15) is 4.98 Å². The van der Waals surface area contributed by atoms with Crippen LogP contribution in [0.15, 0.2) is 15.4 Å². The molecule has 1 aliphatic heterocycles. The number of nitrogens with zero attached hydrogens (tertiary/aromatic N) is 4. The van der Waals surface area contributed by atoms with Crippen molar-refractivity contribution < 1.29 is 4.42 Å². The first kappa shape index (κ1) is 11.1. The summed E-state index contributed by atoms with van der Waals surface area (Å²) in [6, 6.07) is 0. The maximum atomic E-state index is 11.7. The van der Waals surface area contributed by atoms with Gasteiger partial charge in [0.25, 0.3) is 0 Å². The first-order valence-electron chi connectivity index (χ1n) is 6.13. The lowest BCUT2D eigenvalue weighted by atomic mass is 10.1. The van der Waals surface area contributed by atoms with Gasteiger partial charge in [0.1, 0.15) is 5.82 Å². The molecule has 0 radical (unpaired) electrons. The maximum absolute atomic E-state index is 11.7. The van der Waals surface area contributed by atoms with Crippen LogP contribution in [0.1, 0.15) is 25.2 Å². The van der Waals surface area contributed by atoms with E-state index in [9.17, 15) is 4.79 Å². The number of hydrogen-bond donors (Lipinski definition) is 0. The number of hydrogen-bond acceptors (Lipinski definition) is 6. The zero-order valence-corrected chi connectivity index (χ0v) is 10.2. The lowest BCUT2D eigenvalue weighted by Crippen LogP contribution is -2.30. The van der Waals surface area contributed by atoms with Crippen molar-refractivity contribution in [1.82, 2.24) is 15.0 Å². The van der Waals surface area contributed by atoms with Gasteiger partial charge in [-0.25, -0.2) is 14.8 Å².